The second kappa shape index (κ2) is 6.38. The normalized spacial score (nSPS) is 16.5. The maximum Gasteiger partial charge on any atom is 0.257 e. The van der Waals surface area contributed by atoms with Gasteiger partial charge < -0.3 is 9.73 Å². The lowest BCUT2D eigenvalue weighted by Gasteiger charge is -2.10. The summed E-state index contributed by atoms with van der Waals surface area (Å²) in [5.41, 5.74) is 0.945. The van der Waals surface area contributed by atoms with Crippen molar-refractivity contribution in [3.63, 3.8) is 0 Å². The van der Waals surface area contributed by atoms with Crippen LogP contribution in [0, 0.1) is 0 Å². The predicted octanol–water partition coefficient (Wildman–Crippen LogP) is 1.84. The van der Waals surface area contributed by atoms with Gasteiger partial charge in [-0.1, -0.05) is 11.8 Å². The van der Waals surface area contributed by atoms with Gasteiger partial charge in [0.05, 0.1) is 10.1 Å². The zero-order valence-electron chi connectivity index (χ0n) is 13.6. The van der Waals surface area contributed by atoms with Crippen molar-refractivity contribution in [2.24, 2.45) is 0 Å². The van der Waals surface area contributed by atoms with Gasteiger partial charge in [-0.15, -0.1) is 0 Å². The summed E-state index contributed by atoms with van der Waals surface area (Å²) in [5, 5.41) is 2.95. The van der Waals surface area contributed by atoms with Gasteiger partial charge in [0.2, 0.25) is 15.9 Å². The number of rotatable bonds is 6. The molecule has 0 aliphatic heterocycles. The Hall–Kier alpha value is -1.58. The fraction of sp³-hybridized carbons (Fsp3) is 0.467. The van der Waals surface area contributed by atoms with E-state index in [1.165, 1.54) is 38.0 Å². The first-order valence-corrected chi connectivity index (χ1v) is 9.89. The maximum atomic E-state index is 12.2. The molecule has 1 heterocycles. The molecule has 3 rings (SSSR count). The first kappa shape index (κ1) is 17.2. The van der Waals surface area contributed by atoms with Crippen LogP contribution in [-0.4, -0.2) is 49.0 Å². The molecule has 1 aromatic carbocycles. The van der Waals surface area contributed by atoms with Crippen molar-refractivity contribution >= 4 is 38.8 Å². The van der Waals surface area contributed by atoms with E-state index in [-0.39, 0.29) is 16.1 Å². The van der Waals surface area contributed by atoms with Crippen LogP contribution in [0.1, 0.15) is 19.8 Å². The maximum absolute atomic E-state index is 12.2. The summed E-state index contributed by atoms with van der Waals surface area (Å²) in [7, 11) is -0.569. The number of carbonyl (C=O) groups excluding carboxylic acids is 1. The Morgan fingerprint density at radius 2 is 2.12 bits per heavy atom. The van der Waals surface area contributed by atoms with Gasteiger partial charge in [-0.3, -0.25) is 4.79 Å². The van der Waals surface area contributed by atoms with Gasteiger partial charge in [-0.25, -0.2) is 17.7 Å². The summed E-state index contributed by atoms with van der Waals surface area (Å²) in [6.45, 7) is 1.79. The van der Waals surface area contributed by atoms with Crippen molar-refractivity contribution in [1.29, 1.82) is 0 Å². The minimum Gasteiger partial charge on any atom is -0.431 e. The van der Waals surface area contributed by atoms with E-state index in [9.17, 15) is 13.2 Å². The first-order chi connectivity index (χ1) is 11.3. The average molecular weight is 369 g/mol. The summed E-state index contributed by atoms with van der Waals surface area (Å²) >= 11 is 1.22. The fourth-order valence-corrected chi connectivity index (χ4v) is 3.75. The third kappa shape index (κ3) is 3.57. The molecule has 130 valence electrons. The van der Waals surface area contributed by atoms with Crippen LogP contribution in [-0.2, 0) is 14.8 Å². The molecule has 0 bridgehead atoms. The van der Waals surface area contributed by atoms with E-state index in [4.69, 9.17) is 4.42 Å². The molecule has 1 N–H and O–H groups in total. The lowest BCUT2D eigenvalue weighted by Crippen LogP contribution is -2.32. The molecule has 1 atom stereocenters. The lowest BCUT2D eigenvalue weighted by atomic mass is 10.3. The first-order valence-electron chi connectivity index (χ1n) is 7.57. The van der Waals surface area contributed by atoms with E-state index in [2.05, 4.69) is 10.3 Å². The molecule has 1 aliphatic carbocycles. The summed E-state index contributed by atoms with van der Waals surface area (Å²) < 4.78 is 31.1. The van der Waals surface area contributed by atoms with Crippen LogP contribution in [0.5, 0.6) is 0 Å². The number of hydrogen-bond donors (Lipinski definition) is 1. The minimum atomic E-state index is -3.52. The summed E-state index contributed by atoms with van der Waals surface area (Å²) in [4.78, 5) is 16.4. The lowest BCUT2D eigenvalue weighted by molar-refractivity contribution is -0.120. The van der Waals surface area contributed by atoms with E-state index < -0.39 is 10.0 Å². The van der Waals surface area contributed by atoms with E-state index in [0.717, 1.165) is 17.1 Å². The number of carbonyl (C=O) groups is 1. The van der Waals surface area contributed by atoms with Crippen LogP contribution in [0.15, 0.2) is 32.7 Å². The monoisotopic (exact) mass is 369 g/mol. The molecule has 0 radical (unpaired) electrons. The number of hydrogen-bond acceptors (Lipinski definition) is 6. The molecular formula is C15H19N3O4S2. The Morgan fingerprint density at radius 3 is 2.75 bits per heavy atom. The number of oxazole rings is 1. The molecular weight excluding hydrogens is 350 g/mol. The zero-order chi connectivity index (χ0) is 17.5. The standard InChI is InChI=1S/C15H19N3O4S2/c1-9(14(19)16-10-4-5-10)23-15-17-12-8-11(6-7-13(12)22-15)24(20,21)18(2)3/h6-10H,4-5H2,1-3H3,(H,16,19)/t9-/m0/s1. The van der Waals surface area contributed by atoms with Gasteiger partial charge in [-0.2, -0.15) is 0 Å². The Bertz CT molecular complexity index is 872. The minimum absolute atomic E-state index is 0.0411. The Balaban J connectivity index is 1.79. The number of thioether (sulfide) groups is 1. The second-order valence-corrected chi connectivity index (χ2v) is 9.38. The molecule has 1 aliphatic rings. The summed E-state index contributed by atoms with van der Waals surface area (Å²) in [6, 6.07) is 4.86. The number of nitrogens with one attached hydrogen (secondary N) is 1. The number of benzene rings is 1. The molecule has 0 saturated heterocycles. The number of sulfonamides is 1. The van der Waals surface area contributed by atoms with Crippen molar-refractivity contribution < 1.29 is 17.6 Å². The van der Waals surface area contributed by atoms with Gasteiger partial charge in [0.1, 0.15) is 5.52 Å². The molecule has 7 nitrogen and oxygen atoms in total. The van der Waals surface area contributed by atoms with Crippen LogP contribution in [0.3, 0.4) is 0 Å². The number of amides is 1. The van der Waals surface area contributed by atoms with E-state index in [0.29, 0.717) is 22.4 Å². The van der Waals surface area contributed by atoms with Crippen LogP contribution in [0.4, 0.5) is 0 Å². The second-order valence-electron chi connectivity index (χ2n) is 5.94. The van der Waals surface area contributed by atoms with Crippen molar-refractivity contribution in [1.82, 2.24) is 14.6 Å². The number of nitrogens with zero attached hydrogens (tertiary/aromatic N) is 2. The molecule has 1 fully saturated rings. The molecule has 0 unspecified atom stereocenters. The molecule has 1 amide bonds. The van der Waals surface area contributed by atoms with Crippen molar-refractivity contribution in [3.8, 4) is 0 Å². The van der Waals surface area contributed by atoms with Gasteiger partial charge in [0.25, 0.3) is 5.22 Å². The van der Waals surface area contributed by atoms with Crippen LogP contribution in [0.2, 0.25) is 0 Å². The Labute approximate surface area is 144 Å². The van der Waals surface area contributed by atoms with Gasteiger partial charge in [0.15, 0.2) is 5.58 Å². The van der Waals surface area contributed by atoms with E-state index in [1.807, 2.05) is 0 Å². The highest BCUT2D eigenvalue weighted by Crippen LogP contribution is 2.29. The SMILES string of the molecule is C[C@H](Sc1nc2cc(S(=O)(=O)N(C)C)ccc2o1)C(=O)NC1CC1. The topological polar surface area (TPSA) is 92.5 Å². The summed E-state index contributed by atoms with van der Waals surface area (Å²) in [5.74, 6) is -0.0411. The van der Waals surface area contributed by atoms with Crippen LogP contribution >= 0.6 is 11.8 Å². The quantitative estimate of drug-likeness (QED) is 0.781. The highest BCUT2D eigenvalue weighted by molar-refractivity contribution is 8.00. The third-order valence-electron chi connectivity index (χ3n) is 3.69. The van der Waals surface area contributed by atoms with Crippen molar-refractivity contribution in [3.05, 3.63) is 18.2 Å². The van der Waals surface area contributed by atoms with Gasteiger partial charge in [0, 0.05) is 20.1 Å². The highest BCUT2D eigenvalue weighted by atomic mass is 32.2. The van der Waals surface area contributed by atoms with Crippen LogP contribution in [0.25, 0.3) is 11.1 Å². The highest BCUT2D eigenvalue weighted by Gasteiger charge is 2.27. The smallest absolute Gasteiger partial charge is 0.257 e. The van der Waals surface area contributed by atoms with Crippen LogP contribution < -0.4 is 5.32 Å². The molecule has 1 saturated carbocycles. The van der Waals surface area contributed by atoms with E-state index in [1.54, 1.807) is 13.0 Å². The Kier molecular flexibility index (Phi) is 4.58. The van der Waals surface area contributed by atoms with E-state index >= 15 is 0 Å². The van der Waals surface area contributed by atoms with Gasteiger partial charge >= 0.3 is 0 Å². The largest absolute Gasteiger partial charge is 0.431 e. The summed E-state index contributed by atoms with van der Waals surface area (Å²) in [6.07, 6.45) is 2.07. The average Bonchev–Trinajstić information content (AvgIpc) is 3.23. The molecule has 1 aromatic heterocycles. The molecule has 0 spiro atoms. The van der Waals surface area contributed by atoms with Crippen molar-refractivity contribution in [2.45, 2.75) is 41.2 Å². The van der Waals surface area contributed by atoms with Crippen molar-refractivity contribution in [2.75, 3.05) is 14.1 Å². The Morgan fingerprint density at radius 1 is 1.42 bits per heavy atom. The third-order valence-corrected chi connectivity index (χ3v) is 6.44. The molecule has 9 heteroatoms. The molecule has 2 aromatic rings. The zero-order valence-corrected chi connectivity index (χ0v) is 15.3. The predicted molar refractivity (Wildman–Crippen MR) is 91.4 cm³/mol. The molecule has 24 heavy (non-hydrogen) atoms. The fourth-order valence-electron chi connectivity index (χ4n) is 2.06. The van der Waals surface area contributed by atoms with Gasteiger partial charge in [-0.05, 0) is 38.0 Å². The number of aromatic nitrogens is 1. The number of fused-ring (bicyclic) bond motifs is 1.